The van der Waals surface area contributed by atoms with Crippen molar-refractivity contribution in [2.45, 2.75) is 0 Å². The van der Waals surface area contributed by atoms with Crippen molar-refractivity contribution in [3.05, 3.63) is 52.4 Å². The highest BCUT2D eigenvalue weighted by atomic mass is 35.5. The highest BCUT2D eigenvalue weighted by Crippen LogP contribution is 2.31. The maximum atomic E-state index is 13.9. The van der Waals surface area contributed by atoms with Crippen LogP contribution in [-0.4, -0.2) is 9.38 Å². The summed E-state index contributed by atoms with van der Waals surface area (Å²) in [6.07, 6.45) is 1.72. The number of nitrogen functional groups attached to an aromatic ring is 1. The Bertz CT molecular complexity index is 783. The number of benzene rings is 1. The summed E-state index contributed by atoms with van der Waals surface area (Å²) in [6.45, 7) is 0. The van der Waals surface area contributed by atoms with Crippen molar-refractivity contribution in [1.82, 2.24) is 9.38 Å². The lowest BCUT2D eigenvalue weighted by Crippen LogP contribution is -1.94. The first-order valence-corrected chi connectivity index (χ1v) is 6.21. The lowest BCUT2D eigenvalue weighted by atomic mass is 10.1. The zero-order valence-corrected chi connectivity index (χ0v) is 11.1. The van der Waals surface area contributed by atoms with E-state index in [0.29, 0.717) is 32.8 Å². The van der Waals surface area contributed by atoms with E-state index in [1.165, 1.54) is 6.07 Å². The molecule has 0 atom stereocenters. The maximum absolute atomic E-state index is 13.9. The van der Waals surface area contributed by atoms with E-state index in [4.69, 9.17) is 28.9 Å². The second kappa shape index (κ2) is 4.40. The van der Waals surface area contributed by atoms with Gasteiger partial charge < -0.3 is 5.73 Å². The lowest BCUT2D eigenvalue weighted by Gasteiger charge is -2.01. The average Bonchev–Trinajstić information content (AvgIpc) is 2.69. The van der Waals surface area contributed by atoms with Gasteiger partial charge in [0.05, 0.1) is 5.02 Å². The Kier molecular flexibility index (Phi) is 2.84. The summed E-state index contributed by atoms with van der Waals surface area (Å²) in [7, 11) is 0. The van der Waals surface area contributed by atoms with Gasteiger partial charge in [0.1, 0.15) is 17.3 Å². The molecule has 0 fully saturated rings. The standard InChI is InChI=1S/C13H8Cl2FN3/c14-7-3-4-8(10(16)6-7)11-12(17)19-5-1-2-9(15)13(19)18-11/h1-6H,17H2. The number of nitrogens with two attached hydrogens (primary N) is 1. The Morgan fingerprint density at radius 3 is 2.68 bits per heavy atom. The first kappa shape index (κ1) is 12.3. The number of fused-ring (bicyclic) bond motifs is 1. The van der Waals surface area contributed by atoms with E-state index in [9.17, 15) is 4.39 Å². The van der Waals surface area contributed by atoms with Gasteiger partial charge in [-0.1, -0.05) is 23.2 Å². The van der Waals surface area contributed by atoms with Gasteiger partial charge in [-0.25, -0.2) is 9.37 Å². The summed E-state index contributed by atoms with van der Waals surface area (Å²) in [5, 5.41) is 0.774. The lowest BCUT2D eigenvalue weighted by molar-refractivity contribution is 0.631. The molecule has 3 nitrogen and oxygen atoms in total. The zero-order valence-electron chi connectivity index (χ0n) is 9.57. The van der Waals surface area contributed by atoms with Crippen LogP contribution in [0.15, 0.2) is 36.5 Å². The number of nitrogens with zero attached hydrogens (tertiary/aromatic N) is 2. The van der Waals surface area contributed by atoms with Crippen molar-refractivity contribution in [3.8, 4) is 11.3 Å². The van der Waals surface area contributed by atoms with Crippen molar-refractivity contribution in [3.63, 3.8) is 0 Å². The van der Waals surface area contributed by atoms with E-state index in [1.807, 2.05) is 0 Å². The van der Waals surface area contributed by atoms with Crippen molar-refractivity contribution in [2.24, 2.45) is 0 Å². The molecule has 19 heavy (non-hydrogen) atoms. The Morgan fingerprint density at radius 1 is 1.21 bits per heavy atom. The molecular formula is C13H8Cl2FN3. The molecular weight excluding hydrogens is 288 g/mol. The third-order valence-corrected chi connectivity index (χ3v) is 3.36. The van der Waals surface area contributed by atoms with Crippen LogP contribution in [0.2, 0.25) is 10.0 Å². The third kappa shape index (κ3) is 1.93. The molecule has 0 saturated heterocycles. The summed E-state index contributed by atoms with van der Waals surface area (Å²) >= 11 is 11.8. The number of rotatable bonds is 1. The molecule has 0 aliphatic rings. The summed E-state index contributed by atoms with van der Waals surface area (Å²) in [5.41, 5.74) is 7.12. The molecule has 3 rings (SSSR count). The molecule has 0 bridgehead atoms. The van der Waals surface area contributed by atoms with Crippen LogP contribution in [-0.2, 0) is 0 Å². The van der Waals surface area contributed by atoms with Crippen LogP contribution in [0.3, 0.4) is 0 Å². The molecule has 0 aliphatic heterocycles. The predicted molar refractivity (Wildman–Crippen MR) is 75.0 cm³/mol. The van der Waals surface area contributed by atoms with Crippen molar-refractivity contribution >= 4 is 34.7 Å². The van der Waals surface area contributed by atoms with E-state index in [2.05, 4.69) is 4.98 Å². The minimum atomic E-state index is -0.473. The third-order valence-electron chi connectivity index (χ3n) is 2.83. The fraction of sp³-hybridized carbons (Fsp3) is 0. The quantitative estimate of drug-likeness (QED) is 0.736. The Balaban J connectivity index is 2.31. The molecule has 6 heteroatoms. The van der Waals surface area contributed by atoms with Gasteiger partial charge in [-0.2, -0.15) is 0 Å². The first-order valence-electron chi connectivity index (χ1n) is 5.45. The minimum Gasteiger partial charge on any atom is -0.383 e. The molecule has 0 aliphatic carbocycles. The number of halogens is 3. The number of hydrogen-bond acceptors (Lipinski definition) is 2. The number of imidazole rings is 1. The molecule has 0 radical (unpaired) electrons. The molecule has 96 valence electrons. The second-order valence-electron chi connectivity index (χ2n) is 4.02. The van der Waals surface area contributed by atoms with Crippen LogP contribution in [0.5, 0.6) is 0 Å². The molecule has 1 aromatic carbocycles. The van der Waals surface area contributed by atoms with Crippen LogP contribution in [0.4, 0.5) is 10.2 Å². The van der Waals surface area contributed by atoms with Crippen LogP contribution in [0.25, 0.3) is 16.9 Å². The molecule has 0 unspecified atom stereocenters. The predicted octanol–water partition coefficient (Wildman–Crippen LogP) is 4.03. The topological polar surface area (TPSA) is 43.3 Å². The number of aromatic nitrogens is 2. The number of pyridine rings is 1. The van der Waals surface area contributed by atoms with Crippen LogP contribution < -0.4 is 5.73 Å². The molecule has 0 amide bonds. The summed E-state index contributed by atoms with van der Waals surface area (Å²) in [4.78, 5) is 4.30. The van der Waals surface area contributed by atoms with Gasteiger partial charge in [0.2, 0.25) is 0 Å². The average molecular weight is 296 g/mol. The highest BCUT2D eigenvalue weighted by Gasteiger charge is 2.16. The SMILES string of the molecule is Nc1c(-c2ccc(Cl)cc2F)nc2c(Cl)cccn12. The summed E-state index contributed by atoms with van der Waals surface area (Å²) in [6, 6.07) is 7.80. The van der Waals surface area contributed by atoms with Gasteiger partial charge in [0.25, 0.3) is 0 Å². The molecule has 0 saturated carbocycles. The van der Waals surface area contributed by atoms with Crippen molar-refractivity contribution in [2.75, 3.05) is 5.73 Å². The highest BCUT2D eigenvalue weighted by molar-refractivity contribution is 6.33. The van der Waals surface area contributed by atoms with Crippen LogP contribution in [0, 0.1) is 5.82 Å². The monoisotopic (exact) mass is 295 g/mol. The fourth-order valence-electron chi connectivity index (χ4n) is 1.93. The molecule has 2 heterocycles. The van der Waals surface area contributed by atoms with Crippen LogP contribution >= 0.6 is 23.2 Å². The zero-order chi connectivity index (χ0) is 13.6. The van der Waals surface area contributed by atoms with Gasteiger partial charge in [-0.05, 0) is 30.3 Å². The Labute approximate surface area is 118 Å². The normalized spacial score (nSPS) is 11.1. The smallest absolute Gasteiger partial charge is 0.157 e. The molecule has 0 spiro atoms. The van der Waals surface area contributed by atoms with Gasteiger partial charge in [-0.15, -0.1) is 0 Å². The van der Waals surface area contributed by atoms with Crippen LogP contribution in [0.1, 0.15) is 0 Å². The van der Waals surface area contributed by atoms with E-state index >= 15 is 0 Å². The Morgan fingerprint density at radius 2 is 2.00 bits per heavy atom. The van der Waals surface area contributed by atoms with Gasteiger partial charge >= 0.3 is 0 Å². The fourth-order valence-corrected chi connectivity index (χ4v) is 2.30. The summed E-state index contributed by atoms with van der Waals surface area (Å²) < 4.78 is 15.5. The number of hydrogen-bond donors (Lipinski definition) is 1. The van der Waals surface area contributed by atoms with E-state index < -0.39 is 5.82 Å². The van der Waals surface area contributed by atoms with E-state index in [0.717, 1.165) is 0 Å². The van der Waals surface area contributed by atoms with Crippen molar-refractivity contribution < 1.29 is 4.39 Å². The molecule has 2 aromatic heterocycles. The molecule has 2 N–H and O–H groups in total. The first-order chi connectivity index (χ1) is 9.08. The van der Waals surface area contributed by atoms with E-state index in [-0.39, 0.29) is 0 Å². The second-order valence-corrected chi connectivity index (χ2v) is 4.86. The Hall–Kier alpha value is -1.78. The van der Waals surface area contributed by atoms with Gasteiger partial charge in [-0.3, -0.25) is 4.40 Å². The summed E-state index contributed by atoms with van der Waals surface area (Å²) in [5.74, 6) is -0.141. The minimum absolute atomic E-state index is 0.293. The largest absolute Gasteiger partial charge is 0.383 e. The van der Waals surface area contributed by atoms with Crippen molar-refractivity contribution in [1.29, 1.82) is 0 Å². The number of anilines is 1. The maximum Gasteiger partial charge on any atom is 0.157 e. The van der Waals surface area contributed by atoms with E-state index in [1.54, 1.807) is 34.9 Å². The van der Waals surface area contributed by atoms with Gasteiger partial charge in [0, 0.05) is 16.8 Å². The van der Waals surface area contributed by atoms with Gasteiger partial charge in [0.15, 0.2) is 5.65 Å². The molecule has 3 aromatic rings.